The predicted octanol–water partition coefficient (Wildman–Crippen LogP) is 1.05. The van der Waals surface area contributed by atoms with Crippen LogP contribution in [0.4, 0.5) is 5.69 Å². The van der Waals surface area contributed by atoms with Crippen LogP contribution in [-0.2, 0) is 4.79 Å². The molecule has 0 heterocycles. The van der Waals surface area contributed by atoms with E-state index in [2.05, 4.69) is 0 Å². The van der Waals surface area contributed by atoms with Crippen molar-refractivity contribution in [3.8, 4) is 0 Å². The Bertz CT molecular complexity index is 401. The van der Waals surface area contributed by atoms with Crippen molar-refractivity contribution in [2.75, 3.05) is 5.73 Å². The van der Waals surface area contributed by atoms with E-state index >= 15 is 0 Å². The number of hydrogen-bond acceptors (Lipinski definition) is 4. The maximum atomic E-state index is 10.5. The quantitative estimate of drug-likeness (QED) is 0.612. The van der Waals surface area contributed by atoms with Crippen molar-refractivity contribution in [3.05, 3.63) is 27.7 Å². The summed E-state index contributed by atoms with van der Waals surface area (Å²) < 4.78 is 0. The van der Waals surface area contributed by atoms with Gasteiger partial charge in [0.2, 0.25) is 0 Å². The van der Waals surface area contributed by atoms with Crippen molar-refractivity contribution >= 4 is 34.9 Å². The van der Waals surface area contributed by atoms with Gasteiger partial charge in [-0.15, -0.1) is 0 Å². The summed E-state index contributed by atoms with van der Waals surface area (Å²) in [5.74, 6) is -1.57. The number of aliphatic hydroxyl groups excluding tert-OH is 2. The number of nitrogens with two attached hydrogens (primary N) is 1. The fourth-order valence-electron chi connectivity index (χ4n) is 1.18. The number of carbonyl (C=O) groups is 1. The number of rotatable bonds is 3. The Labute approximate surface area is 101 Å². The van der Waals surface area contributed by atoms with Crippen LogP contribution in [0.25, 0.3) is 0 Å². The van der Waals surface area contributed by atoms with E-state index in [1.165, 1.54) is 12.1 Å². The maximum Gasteiger partial charge on any atom is 0.335 e. The SMILES string of the molecule is Nc1cc(Cl)c(C(O)C(O)C(=O)O)c(Cl)c1. The van der Waals surface area contributed by atoms with Crippen molar-refractivity contribution < 1.29 is 20.1 Å². The molecule has 0 bridgehead atoms. The monoisotopic (exact) mass is 265 g/mol. The highest BCUT2D eigenvalue weighted by Crippen LogP contribution is 2.34. The van der Waals surface area contributed by atoms with Crippen molar-refractivity contribution in [1.82, 2.24) is 0 Å². The third-order valence-electron chi connectivity index (χ3n) is 1.95. The van der Waals surface area contributed by atoms with Gasteiger partial charge < -0.3 is 21.1 Å². The molecule has 0 aliphatic rings. The van der Waals surface area contributed by atoms with Gasteiger partial charge in [0.15, 0.2) is 6.10 Å². The molecule has 2 atom stereocenters. The zero-order valence-electron chi connectivity index (χ0n) is 7.89. The van der Waals surface area contributed by atoms with E-state index in [1.807, 2.05) is 0 Å². The average Bonchev–Trinajstić information content (AvgIpc) is 2.14. The number of halogens is 2. The minimum atomic E-state index is -2.00. The molecule has 16 heavy (non-hydrogen) atoms. The lowest BCUT2D eigenvalue weighted by Crippen LogP contribution is -2.27. The molecule has 0 aliphatic heterocycles. The molecule has 5 N–H and O–H groups in total. The smallest absolute Gasteiger partial charge is 0.335 e. The van der Waals surface area contributed by atoms with E-state index in [9.17, 15) is 9.90 Å². The number of aliphatic carboxylic acids is 1. The lowest BCUT2D eigenvalue weighted by Gasteiger charge is -2.17. The minimum absolute atomic E-state index is 0.00204. The van der Waals surface area contributed by atoms with E-state index in [0.717, 1.165) is 0 Å². The Hall–Kier alpha value is -1.01. The summed E-state index contributed by atoms with van der Waals surface area (Å²) in [4.78, 5) is 10.5. The van der Waals surface area contributed by atoms with Crippen LogP contribution in [-0.4, -0.2) is 27.4 Å². The summed E-state index contributed by atoms with van der Waals surface area (Å²) in [6, 6.07) is 2.61. The standard InChI is InChI=1S/C9H9Cl2NO4/c10-4-1-3(12)2-5(11)6(4)7(13)8(14)9(15)16/h1-2,7-8,13-14H,12H2,(H,15,16). The maximum absolute atomic E-state index is 10.5. The lowest BCUT2D eigenvalue weighted by molar-refractivity contribution is -0.153. The van der Waals surface area contributed by atoms with Gasteiger partial charge in [0.1, 0.15) is 6.10 Å². The van der Waals surface area contributed by atoms with Crippen LogP contribution in [0.2, 0.25) is 10.0 Å². The first kappa shape index (κ1) is 13.1. The Kier molecular flexibility index (Phi) is 3.98. The second-order valence-electron chi connectivity index (χ2n) is 3.13. The van der Waals surface area contributed by atoms with Gasteiger partial charge in [0.25, 0.3) is 0 Å². The van der Waals surface area contributed by atoms with Crippen LogP contribution in [0.5, 0.6) is 0 Å². The van der Waals surface area contributed by atoms with Gasteiger partial charge in [-0.05, 0) is 12.1 Å². The summed E-state index contributed by atoms with van der Waals surface area (Å²) >= 11 is 11.5. The third kappa shape index (κ3) is 2.56. The van der Waals surface area contributed by atoms with E-state index in [4.69, 9.17) is 39.1 Å². The highest BCUT2D eigenvalue weighted by Gasteiger charge is 2.28. The van der Waals surface area contributed by atoms with Gasteiger partial charge in [-0.3, -0.25) is 0 Å². The van der Waals surface area contributed by atoms with Gasteiger partial charge in [-0.1, -0.05) is 23.2 Å². The summed E-state index contributed by atoms with van der Waals surface area (Å²) in [5.41, 5.74) is 5.65. The molecule has 0 saturated carbocycles. The first-order chi connectivity index (χ1) is 7.34. The average molecular weight is 266 g/mol. The van der Waals surface area contributed by atoms with Gasteiger partial charge in [0.05, 0.1) is 10.0 Å². The van der Waals surface area contributed by atoms with E-state index in [0.29, 0.717) is 0 Å². The molecule has 1 aromatic carbocycles. The number of carboxylic acid groups (broad SMARTS) is 1. The Balaban J connectivity index is 3.18. The van der Waals surface area contributed by atoms with Crippen LogP contribution < -0.4 is 5.73 Å². The third-order valence-corrected chi connectivity index (χ3v) is 2.57. The zero-order chi connectivity index (χ0) is 12.5. The molecule has 0 radical (unpaired) electrons. The number of anilines is 1. The van der Waals surface area contributed by atoms with Gasteiger partial charge in [-0.2, -0.15) is 0 Å². The van der Waals surface area contributed by atoms with Crippen LogP contribution in [0.15, 0.2) is 12.1 Å². The lowest BCUT2D eigenvalue weighted by atomic mass is 10.0. The Morgan fingerprint density at radius 3 is 2.06 bits per heavy atom. The number of benzene rings is 1. The van der Waals surface area contributed by atoms with Gasteiger partial charge in [-0.25, -0.2) is 4.79 Å². The number of aliphatic hydroxyl groups is 2. The van der Waals surface area contributed by atoms with Crippen molar-refractivity contribution in [3.63, 3.8) is 0 Å². The van der Waals surface area contributed by atoms with E-state index in [1.54, 1.807) is 0 Å². The van der Waals surface area contributed by atoms with Crippen molar-refractivity contribution in [2.45, 2.75) is 12.2 Å². The number of carboxylic acids is 1. The largest absolute Gasteiger partial charge is 0.479 e. The molecule has 1 aromatic rings. The summed E-state index contributed by atoms with van der Waals surface area (Å²) in [6.45, 7) is 0. The van der Waals surface area contributed by atoms with Crippen LogP contribution in [0, 0.1) is 0 Å². The Morgan fingerprint density at radius 2 is 1.69 bits per heavy atom. The van der Waals surface area contributed by atoms with Crippen molar-refractivity contribution in [1.29, 1.82) is 0 Å². The van der Waals surface area contributed by atoms with Gasteiger partial charge in [0, 0.05) is 11.3 Å². The first-order valence-electron chi connectivity index (χ1n) is 4.18. The highest BCUT2D eigenvalue weighted by atomic mass is 35.5. The fourth-order valence-corrected chi connectivity index (χ4v) is 1.91. The molecular weight excluding hydrogens is 257 g/mol. The second kappa shape index (κ2) is 4.88. The predicted molar refractivity (Wildman–Crippen MR) is 59.5 cm³/mol. The highest BCUT2D eigenvalue weighted by molar-refractivity contribution is 6.36. The Morgan fingerprint density at radius 1 is 1.25 bits per heavy atom. The molecule has 0 amide bonds. The van der Waals surface area contributed by atoms with Crippen molar-refractivity contribution in [2.24, 2.45) is 0 Å². The van der Waals surface area contributed by atoms with Gasteiger partial charge >= 0.3 is 5.97 Å². The number of nitrogen functional groups attached to an aromatic ring is 1. The molecule has 0 saturated heterocycles. The summed E-state index contributed by atoms with van der Waals surface area (Å²) in [7, 11) is 0. The molecule has 5 nitrogen and oxygen atoms in total. The minimum Gasteiger partial charge on any atom is -0.479 e. The molecule has 7 heteroatoms. The summed E-state index contributed by atoms with van der Waals surface area (Å²) in [6.07, 6.45) is -3.71. The molecular formula is C9H9Cl2NO4. The fraction of sp³-hybridized carbons (Fsp3) is 0.222. The zero-order valence-corrected chi connectivity index (χ0v) is 9.40. The molecule has 0 fully saturated rings. The van der Waals surface area contributed by atoms with E-state index in [-0.39, 0.29) is 21.3 Å². The molecule has 0 spiro atoms. The first-order valence-corrected chi connectivity index (χ1v) is 4.93. The van der Waals surface area contributed by atoms with Crippen LogP contribution in [0.1, 0.15) is 11.7 Å². The second-order valence-corrected chi connectivity index (χ2v) is 3.94. The molecule has 0 aromatic heterocycles. The number of hydrogen-bond donors (Lipinski definition) is 4. The van der Waals surface area contributed by atoms with Crippen LogP contribution >= 0.6 is 23.2 Å². The van der Waals surface area contributed by atoms with Crippen LogP contribution in [0.3, 0.4) is 0 Å². The topological polar surface area (TPSA) is 104 Å². The molecule has 0 aliphatic carbocycles. The molecule has 2 unspecified atom stereocenters. The van der Waals surface area contributed by atoms with E-state index < -0.39 is 18.2 Å². The molecule has 1 rings (SSSR count). The molecule has 88 valence electrons. The normalized spacial score (nSPS) is 14.5. The summed E-state index contributed by atoms with van der Waals surface area (Å²) in [5, 5.41) is 27.3.